The molecule has 0 aromatic heterocycles. The molecule has 0 saturated heterocycles. The molecule has 21 heavy (non-hydrogen) atoms. The third-order valence-electron chi connectivity index (χ3n) is 3.98. The highest BCUT2D eigenvalue weighted by atomic mass is 32.2. The minimum Gasteiger partial charge on any atom is -0.494 e. The molecule has 0 bridgehead atoms. The van der Waals surface area contributed by atoms with Crippen molar-refractivity contribution in [2.75, 3.05) is 24.7 Å². The van der Waals surface area contributed by atoms with Crippen molar-refractivity contribution in [2.45, 2.75) is 52.0 Å². The van der Waals surface area contributed by atoms with Gasteiger partial charge in [0.2, 0.25) is 0 Å². The number of fused-ring (bicyclic) bond motifs is 1. The quantitative estimate of drug-likeness (QED) is 0.674. The number of hydrogen-bond acceptors (Lipinski definition) is 3. The minimum absolute atomic E-state index is 0.521. The van der Waals surface area contributed by atoms with Crippen LogP contribution < -0.4 is 10.1 Å². The van der Waals surface area contributed by atoms with Crippen LogP contribution in [0.4, 0.5) is 0 Å². The van der Waals surface area contributed by atoms with Crippen LogP contribution in [-0.2, 0) is 6.42 Å². The molecule has 2 nitrogen and oxygen atoms in total. The summed E-state index contributed by atoms with van der Waals surface area (Å²) in [4.78, 5) is 0. The summed E-state index contributed by atoms with van der Waals surface area (Å²) in [7, 11) is 0. The topological polar surface area (TPSA) is 21.3 Å². The van der Waals surface area contributed by atoms with Gasteiger partial charge in [0.05, 0.1) is 6.61 Å². The Labute approximate surface area is 134 Å². The Kier molecular flexibility index (Phi) is 7.45. The number of ether oxygens (including phenoxy) is 1. The first-order valence-electron chi connectivity index (χ1n) is 8.42. The Morgan fingerprint density at radius 3 is 3.05 bits per heavy atom. The van der Waals surface area contributed by atoms with Crippen molar-refractivity contribution in [3.8, 4) is 5.75 Å². The van der Waals surface area contributed by atoms with E-state index in [1.165, 1.54) is 48.3 Å². The van der Waals surface area contributed by atoms with Crippen molar-refractivity contribution in [3.05, 3.63) is 29.3 Å². The van der Waals surface area contributed by atoms with E-state index < -0.39 is 0 Å². The normalized spacial score (nSPS) is 17.5. The Morgan fingerprint density at radius 1 is 1.33 bits per heavy atom. The molecule has 1 aromatic rings. The van der Waals surface area contributed by atoms with Gasteiger partial charge < -0.3 is 10.1 Å². The first kappa shape index (κ1) is 16.7. The maximum Gasteiger partial charge on any atom is 0.119 e. The molecule has 1 unspecified atom stereocenters. The van der Waals surface area contributed by atoms with Gasteiger partial charge in [-0.3, -0.25) is 0 Å². The predicted octanol–water partition coefficient (Wildman–Crippen LogP) is 4.59. The lowest BCUT2D eigenvalue weighted by Crippen LogP contribution is -2.25. The average Bonchev–Trinajstić information content (AvgIpc) is 2.52. The standard InChI is InChI=1S/C18H29NOS/c1-3-11-19-18-8-5-7-15-9-10-16(14-17(15)18)20-12-6-13-21-4-2/h9-10,14,18-19H,3-8,11-13H2,1-2H3. The summed E-state index contributed by atoms with van der Waals surface area (Å²) < 4.78 is 5.93. The van der Waals surface area contributed by atoms with Gasteiger partial charge in [0.25, 0.3) is 0 Å². The van der Waals surface area contributed by atoms with E-state index in [0.29, 0.717) is 6.04 Å². The number of rotatable bonds is 9. The van der Waals surface area contributed by atoms with E-state index in [9.17, 15) is 0 Å². The van der Waals surface area contributed by atoms with Gasteiger partial charge in [0, 0.05) is 6.04 Å². The second-order valence-corrected chi connectivity index (χ2v) is 7.05. The predicted molar refractivity (Wildman–Crippen MR) is 93.5 cm³/mol. The molecule has 0 fully saturated rings. The highest BCUT2D eigenvalue weighted by molar-refractivity contribution is 7.99. The van der Waals surface area contributed by atoms with Crippen molar-refractivity contribution in [1.29, 1.82) is 0 Å². The smallest absolute Gasteiger partial charge is 0.119 e. The number of benzene rings is 1. The maximum atomic E-state index is 5.93. The zero-order chi connectivity index (χ0) is 14.9. The van der Waals surface area contributed by atoms with Crippen LogP contribution in [-0.4, -0.2) is 24.7 Å². The van der Waals surface area contributed by atoms with E-state index in [0.717, 1.165) is 25.3 Å². The number of aryl methyl sites for hydroxylation is 1. The lowest BCUT2D eigenvalue weighted by Gasteiger charge is -2.27. The van der Waals surface area contributed by atoms with Gasteiger partial charge in [-0.25, -0.2) is 0 Å². The summed E-state index contributed by atoms with van der Waals surface area (Å²) >= 11 is 1.99. The first-order valence-corrected chi connectivity index (χ1v) is 9.57. The van der Waals surface area contributed by atoms with Crippen LogP contribution in [0.2, 0.25) is 0 Å². The second kappa shape index (κ2) is 9.37. The molecule has 1 aliphatic rings. The van der Waals surface area contributed by atoms with Crippen LogP contribution in [0.5, 0.6) is 5.75 Å². The lowest BCUT2D eigenvalue weighted by atomic mass is 9.87. The molecule has 3 heteroatoms. The van der Waals surface area contributed by atoms with E-state index in [1.54, 1.807) is 0 Å². The fraction of sp³-hybridized carbons (Fsp3) is 0.667. The van der Waals surface area contributed by atoms with Crippen LogP contribution in [0.25, 0.3) is 0 Å². The number of hydrogen-bond donors (Lipinski definition) is 1. The molecule has 118 valence electrons. The van der Waals surface area contributed by atoms with Gasteiger partial charge in [-0.2, -0.15) is 11.8 Å². The molecule has 2 rings (SSSR count). The van der Waals surface area contributed by atoms with E-state index >= 15 is 0 Å². The molecule has 0 aliphatic heterocycles. The van der Waals surface area contributed by atoms with Crippen LogP contribution in [0.15, 0.2) is 18.2 Å². The number of nitrogens with one attached hydrogen (secondary N) is 1. The largest absolute Gasteiger partial charge is 0.494 e. The van der Waals surface area contributed by atoms with Crippen molar-refractivity contribution in [3.63, 3.8) is 0 Å². The molecule has 0 amide bonds. The zero-order valence-electron chi connectivity index (χ0n) is 13.5. The summed E-state index contributed by atoms with van der Waals surface area (Å²) in [5.41, 5.74) is 2.97. The molecule has 0 radical (unpaired) electrons. The van der Waals surface area contributed by atoms with Crippen LogP contribution >= 0.6 is 11.8 Å². The molecule has 1 atom stereocenters. The Balaban J connectivity index is 1.92. The monoisotopic (exact) mass is 307 g/mol. The summed E-state index contributed by atoms with van der Waals surface area (Å²) in [5, 5.41) is 3.68. The Hall–Kier alpha value is -0.670. The van der Waals surface area contributed by atoms with Crippen LogP contribution in [0.3, 0.4) is 0 Å². The van der Waals surface area contributed by atoms with Crippen molar-refractivity contribution < 1.29 is 4.74 Å². The van der Waals surface area contributed by atoms with E-state index in [-0.39, 0.29) is 0 Å². The fourth-order valence-corrected chi connectivity index (χ4v) is 3.50. The highest BCUT2D eigenvalue weighted by Gasteiger charge is 2.19. The highest BCUT2D eigenvalue weighted by Crippen LogP contribution is 2.32. The molecule has 1 N–H and O–H groups in total. The zero-order valence-corrected chi connectivity index (χ0v) is 14.3. The van der Waals surface area contributed by atoms with Crippen molar-refractivity contribution >= 4 is 11.8 Å². The third-order valence-corrected chi connectivity index (χ3v) is 4.96. The molecule has 1 aromatic carbocycles. The molecular formula is C18H29NOS. The second-order valence-electron chi connectivity index (χ2n) is 5.66. The number of thioether (sulfide) groups is 1. The van der Waals surface area contributed by atoms with Gasteiger partial charge in [0.15, 0.2) is 0 Å². The minimum atomic E-state index is 0.521. The maximum absolute atomic E-state index is 5.93. The molecule has 0 spiro atoms. The molecule has 0 saturated carbocycles. The SMILES string of the molecule is CCCNC1CCCc2ccc(OCCCSCC)cc21. The van der Waals surface area contributed by atoms with E-state index in [1.807, 2.05) is 11.8 Å². The third kappa shape index (κ3) is 5.23. The summed E-state index contributed by atoms with van der Waals surface area (Å²) in [6.07, 6.45) is 6.09. The van der Waals surface area contributed by atoms with Gasteiger partial charge in [-0.15, -0.1) is 0 Å². The fourth-order valence-electron chi connectivity index (χ4n) is 2.89. The summed E-state index contributed by atoms with van der Waals surface area (Å²) in [5.74, 6) is 3.44. The van der Waals surface area contributed by atoms with Gasteiger partial charge in [0.1, 0.15) is 5.75 Å². The Morgan fingerprint density at radius 2 is 2.24 bits per heavy atom. The molecule has 0 heterocycles. The van der Waals surface area contributed by atoms with Crippen molar-refractivity contribution in [2.24, 2.45) is 0 Å². The summed E-state index contributed by atoms with van der Waals surface area (Å²) in [6, 6.07) is 7.21. The van der Waals surface area contributed by atoms with E-state index in [2.05, 4.69) is 37.4 Å². The van der Waals surface area contributed by atoms with E-state index in [4.69, 9.17) is 4.74 Å². The van der Waals surface area contributed by atoms with Crippen LogP contribution in [0.1, 0.15) is 56.7 Å². The van der Waals surface area contributed by atoms with Crippen LogP contribution in [0, 0.1) is 0 Å². The average molecular weight is 308 g/mol. The summed E-state index contributed by atoms with van der Waals surface area (Å²) in [6.45, 7) is 6.37. The van der Waals surface area contributed by atoms with Gasteiger partial charge in [-0.05, 0) is 73.4 Å². The Bertz CT molecular complexity index is 422. The molecule has 1 aliphatic carbocycles. The van der Waals surface area contributed by atoms with Gasteiger partial charge in [-0.1, -0.05) is 19.9 Å². The lowest BCUT2D eigenvalue weighted by molar-refractivity contribution is 0.317. The first-order chi connectivity index (χ1) is 10.3. The van der Waals surface area contributed by atoms with Crippen molar-refractivity contribution in [1.82, 2.24) is 5.32 Å². The molecular weight excluding hydrogens is 278 g/mol. The van der Waals surface area contributed by atoms with Gasteiger partial charge >= 0.3 is 0 Å².